The number of rotatable bonds is 34. The number of ketones is 1. The smallest absolute Gasteiger partial charge is 0.243 e. The Kier molecular flexibility index (Phi) is 30.3. The van der Waals surface area contributed by atoms with Crippen LogP contribution in [-0.4, -0.2) is 178 Å². The molecule has 0 radical (unpaired) electrons. The van der Waals surface area contributed by atoms with Crippen molar-refractivity contribution in [3.05, 3.63) is 54.2 Å². The Bertz CT molecular complexity index is 2740. The number of para-hydroxylation sites is 1. The Labute approximate surface area is 506 Å². The second kappa shape index (κ2) is 36.6. The number of amides is 11. The first kappa shape index (κ1) is 70.3. The van der Waals surface area contributed by atoms with Crippen molar-refractivity contribution in [2.75, 3.05) is 49.7 Å². The summed E-state index contributed by atoms with van der Waals surface area (Å²) in [5.41, 5.74) is 13.4. The zero-order valence-electron chi connectivity index (χ0n) is 48.9. The highest BCUT2D eigenvalue weighted by Gasteiger charge is 2.34. The molecule has 3 heterocycles. The molecule has 11 amide bonds. The molecule has 0 spiro atoms. The highest BCUT2D eigenvalue weighted by Crippen LogP contribution is 2.22. The quantitative estimate of drug-likeness (QED) is 0.0248. The lowest BCUT2D eigenvalue weighted by molar-refractivity contribution is -0.135. The molecule has 7 atom stereocenters. The van der Waals surface area contributed by atoms with Crippen LogP contribution in [0, 0.1) is 17.8 Å². The number of hydrogen-bond acceptors (Lipinski definition) is 17. The Balaban J connectivity index is 1.40. The fourth-order valence-corrected chi connectivity index (χ4v) is 11.0. The van der Waals surface area contributed by atoms with Crippen molar-refractivity contribution in [3.8, 4) is 0 Å². The van der Waals surface area contributed by atoms with E-state index in [0.717, 1.165) is 10.9 Å². The molecular formula is C55H83N15O12S3. The van der Waals surface area contributed by atoms with Crippen molar-refractivity contribution in [3.63, 3.8) is 0 Å². The largest absolute Gasteiger partial charge is 0.370 e. The van der Waals surface area contributed by atoms with E-state index in [1.807, 2.05) is 38.3 Å². The number of nitrogens with two attached hydrogens (primary N) is 2. The lowest BCUT2D eigenvalue weighted by Crippen LogP contribution is -2.59. The summed E-state index contributed by atoms with van der Waals surface area (Å²) < 4.78 is 0. The average Bonchev–Trinajstić information content (AvgIpc) is 4.16. The van der Waals surface area contributed by atoms with Crippen LogP contribution in [-0.2, 0) is 70.4 Å². The van der Waals surface area contributed by atoms with Crippen LogP contribution in [0.15, 0.2) is 43.0 Å². The topological polar surface area (TPSA) is 422 Å². The van der Waals surface area contributed by atoms with Crippen LogP contribution in [0.5, 0.6) is 0 Å². The first-order chi connectivity index (χ1) is 40.4. The van der Waals surface area contributed by atoms with Gasteiger partial charge >= 0.3 is 0 Å². The number of nitrogens with one attached hydrogen (secondary N) is 12. The van der Waals surface area contributed by atoms with Crippen molar-refractivity contribution in [2.24, 2.45) is 29.2 Å². The average molecular weight is 1240 g/mol. The molecular weight excluding hydrogens is 1160 g/mol. The first-order valence-electron chi connectivity index (χ1n) is 28.2. The first-order valence-corrected chi connectivity index (χ1v) is 32.1. The molecule has 0 saturated carbocycles. The number of hydrogen-bond donors (Lipinski definition) is 14. The standard InChI is InChI=1S/C55H83N15O12S3/c1-30(2)19-40(68-51(78)37(56)16-18-83-6)53(80)69-42(21-35-25-58-29-64-35)52(79)63-26-45(73)70-48(31(3)4)55(82)65-32(5)49(76)67-41(20-33-22-60-38-12-8-7-11-36(33)38)54(81)66-39(14-15-44(57)72)43(71)13-9-10-17-59-50(77)34-23-61-46(74)27-84-85-28-47(75)62-24-34/h7-8,11-12,22,25,29-32,34,37,39-42,48,60H,9-10,13-21,23-24,26-28,56H2,1-6H3,(H2,57,72)(H,58,64)(H,59,77)(H,61,74)(H,62,75)(H,63,79)(H,65,82)(H,66,81)(H,67,76)(H,68,78)(H,69,80)(H,70,73)/t32-,37-,39-,40-,41-,42-,48-/m0/s1. The maximum atomic E-state index is 14.3. The van der Waals surface area contributed by atoms with Gasteiger partial charge in [0.1, 0.15) is 30.2 Å². The molecule has 3 aromatic rings. The summed E-state index contributed by atoms with van der Waals surface area (Å²) in [7, 11) is 2.47. The van der Waals surface area contributed by atoms with Gasteiger partial charge < -0.3 is 74.6 Å². The van der Waals surface area contributed by atoms with E-state index in [0.29, 0.717) is 29.9 Å². The SMILES string of the molecule is CSCC[C@H](N)C(=O)N[C@@H](CC(C)C)C(=O)N[C@@H](Cc1cnc[nH]1)C(=O)NCC(=O)N[C@H](C(=O)N[C@@H](C)C(=O)N[C@@H](Cc1c[nH]c2ccccc12)C(=O)N[C@@H](CCC(N)=O)C(=O)CCCCNC(=O)C1CNC(=O)CSSCC(=O)NC1)C(C)C. The van der Waals surface area contributed by atoms with E-state index in [2.05, 4.69) is 68.1 Å². The second-order valence-electron chi connectivity index (χ2n) is 21.4. The number of nitrogens with zero attached hydrogens (tertiary/aromatic N) is 1. The van der Waals surface area contributed by atoms with Gasteiger partial charge in [0.15, 0.2) is 5.78 Å². The lowest BCUT2D eigenvalue weighted by Gasteiger charge is -2.26. The Morgan fingerprint density at radius 2 is 1.34 bits per heavy atom. The van der Waals surface area contributed by atoms with Gasteiger partial charge in [-0.3, -0.25) is 57.5 Å². The number of aromatic nitrogens is 3. The fraction of sp³-hybridized carbons (Fsp3) is 0.582. The number of benzene rings is 1. The number of carbonyl (C=O) groups is 12. The predicted molar refractivity (Wildman–Crippen MR) is 325 cm³/mol. The van der Waals surface area contributed by atoms with Gasteiger partial charge in [0, 0.05) is 74.3 Å². The fourth-order valence-electron chi connectivity index (χ4n) is 8.75. The molecule has 1 aliphatic heterocycles. The summed E-state index contributed by atoms with van der Waals surface area (Å²) >= 11 is 1.52. The van der Waals surface area contributed by atoms with Crippen molar-refractivity contribution < 1.29 is 57.5 Å². The van der Waals surface area contributed by atoms with Gasteiger partial charge in [-0.05, 0) is 74.5 Å². The van der Waals surface area contributed by atoms with E-state index < -0.39 is 120 Å². The molecule has 2 aromatic heterocycles. The zero-order valence-corrected chi connectivity index (χ0v) is 51.3. The Hall–Kier alpha value is -7.18. The predicted octanol–water partition coefficient (Wildman–Crippen LogP) is -1.13. The van der Waals surface area contributed by atoms with Crippen LogP contribution < -0.4 is 64.6 Å². The minimum Gasteiger partial charge on any atom is -0.370 e. The summed E-state index contributed by atoms with van der Waals surface area (Å²) in [4.78, 5) is 169. The van der Waals surface area contributed by atoms with Crippen LogP contribution in [0.4, 0.5) is 0 Å². The Morgan fingerprint density at radius 3 is 1.98 bits per heavy atom. The molecule has 1 aliphatic rings. The third kappa shape index (κ3) is 25.1. The highest BCUT2D eigenvalue weighted by atomic mass is 33.1. The van der Waals surface area contributed by atoms with Crippen molar-refractivity contribution in [2.45, 2.75) is 135 Å². The number of primary amides is 1. The van der Waals surface area contributed by atoms with Crippen molar-refractivity contribution in [1.29, 1.82) is 0 Å². The monoisotopic (exact) mass is 1240 g/mol. The molecule has 16 N–H and O–H groups in total. The van der Waals surface area contributed by atoms with E-state index in [9.17, 15) is 57.5 Å². The minimum atomic E-state index is -1.34. The normalized spacial score (nSPS) is 15.7. The minimum absolute atomic E-state index is 0.0104. The number of Topliss-reactive ketones (excluding diaryl/α,β-unsaturated/α-hetero) is 1. The second-order valence-corrected chi connectivity index (χ2v) is 24.8. The molecule has 0 unspecified atom stereocenters. The third-order valence-electron chi connectivity index (χ3n) is 13.6. The number of fused-ring (bicyclic) bond motifs is 1. The lowest BCUT2D eigenvalue weighted by atomic mass is 9.99. The highest BCUT2D eigenvalue weighted by molar-refractivity contribution is 8.77. The molecule has 0 bridgehead atoms. The zero-order chi connectivity index (χ0) is 62.6. The Morgan fingerprint density at radius 1 is 0.706 bits per heavy atom. The van der Waals surface area contributed by atoms with E-state index in [4.69, 9.17) is 11.5 Å². The van der Waals surface area contributed by atoms with E-state index >= 15 is 0 Å². The van der Waals surface area contributed by atoms with Gasteiger partial charge in [0.25, 0.3) is 0 Å². The maximum Gasteiger partial charge on any atom is 0.243 e. The number of thioether (sulfide) groups is 1. The number of unbranched alkanes of at least 4 members (excludes halogenated alkanes) is 1. The van der Waals surface area contributed by atoms with Crippen LogP contribution in [0.2, 0.25) is 0 Å². The summed E-state index contributed by atoms with van der Waals surface area (Å²) in [6.07, 6.45) is 6.99. The number of H-pyrrole nitrogens is 2. The van der Waals surface area contributed by atoms with E-state index in [1.54, 1.807) is 26.1 Å². The molecule has 1 saturated heterocycles. The number of imidazole rings is 1. The molecule has 27 nitrogen and oxygen atoms in total. The molecule has 468 valence electrons. The number of carbonyl (C=O) groups excluding carboxylic acids is 12. The van der Waals surface area contributed by atoms with E-state index in [1.165, 1.54) is 52.8 Å². The number of aromatic amines is 2. The van der Waals surface area contributed by atoms with Crippen molar-refractivity contribution >= 4 is 115 Å². The molecule has 85 heavy (non-hydrogen) atoms. The van der Waals surface area contributed by atoms with Gasteiger partial charge in [-0.25, -0.2) is 4.98 Å². The molecule has 30 heteroatoms. The van der Waals surface area contributed by atoms with Crippen LogP contribution in [0.3, 0.4) is 0 Å². The molecule has 4 rings (SSSR count). The van der Waals surface area contributed by atoms with Gasteiger partial charge in [-0.2, -0.15) is 11.8 Å². The van der Waals surface area contributed by atoms with E-state index in [-0.39, 0.29) is 93.8 Å². The summed E-state index contributed by atoms with van der Waals surface area (Å²) in [6, 6.07) is -0.980. The molecule has 1 aromatic carbocycles. The van der Waals surface area contributed by atoms with Gasteiger partial charge in [0.05, 0.1) is 42.4 Å². The van der Waals surface area contributed by atoms with Gasteiger partial charge in [-0.1, -0.05) is 67.5 Å². The molecule has 1 fully saturated rings. The summed E-state index contributed by atoms with van der Waals surface area (Å²) in [6.45, 7) is 7.95. The summed E-state index contributed by atoms with van der Waals surface area (Å²) in [5, 5.41) is 27.5. The van der Waals surface area contributed by atoms with Crippen LogP contribution in [0.25, 0.3) is 10.9 Å². The van der Waals surface area contributed by atoms with Gasteiger partial charge in [-0.15, -0.1) is 0 Å². The van der Waals surface area contributed by atoms with Gasteiger partial charge in [0.2, 0.25) is 65.0 Å². The third-order valence-corrected chi connectivity index (χ3v) is 16.3. The summed E-state index contributed by atoms with van der Waals surface area (Å²) in [5.74, 6) is -7.62. The maximum absolute atomic E-state index is 14.3. The van der Waals surface area contributed by atoms with Crippen molar-refractivity contribution in [1.82, 2.24) is 68.1 Å². The van der Waals surface area contributed by atoms with Crippen LogP contribution >= 0.6 is 33.3 Å². The molecule has 0 aliphatic carbocycles. The van der Waals surface area contributed by atoms with Crippen LogP contribution in [0.1, 0.15) is 90.8 Å².